The number of nitrogens with one attached hydrogen (secondary N) is 1. The van der Waals surface area contributed by atoms with E-state index in [-0.39, 0.29) is 24.0 Å². The van der Waals surface area contributed by atoms with E-state index in [0.29, 0.717) is 29.9 Å². The number of aryl methyl sites for hydroxylation is 1. The van der Waals surface area contributed by atoms with Crippen LogP contribution >= 0.6 is 0 Å². The van der Waals surface area contributed by atoms with Crippen LogP contribution in [-0.2, 0) is 23.2 Å². The zero-order valence-electron chi connectivity index (χ0n) is 16.3. The SMILES string of the molecule is COc1ccccc1N1CCC(NC(=O)Cn2c(=O)n(C)c3ccccc32)C1=O. The maximum Gasteiger partial charge on any atom is 0.329 e. The molecule has 0 spiro atoms. The fourth-order valence-corrected chi connectivity index (χ4v) is 3.81. The van der Waals surface area contributed by atoms with Crippen LogP contribution < -0.4 is 20.6 Å². The van der Waals surface area contributed by atoms with Gasteiger partial charge in [-0.3, -0.25) is 18.7 Å². The highest BCUT2D eigenvalue weighted by Gasteiger charge is 2.34. The number of benzene rings is 2. The number of hydrogen-bond acceptors (Lipinski definition) is 4. The molecule has 0 saturated carbocycles. The second kappa shape index (κ2) is 7.46. The van der Waals surface area contributed by atoms with Gasteiger partial charge in [-0.05, 0) is 30.7 Å². The Morgan fingerprint density at radius 1 is 1.10 bits per heavy atom. The highest BCUT2D eigenvalue weighted by Crippen LogP contribution is 2.31. The Morgan fingerprint density at radius 2 is 1.79 bits per heavy atom. The summed E-state index contributed by atoms with van der Waals surface area (Å²) >= 11 is 0. The molecule has 4 rings (SSSR count). The molecule has 1 aromatic heterocycles. The van der Waals surface area contributed by atoms with E-state index >= 15 is 0 Å². The predicted octanol–water partition coefficient (Wildman–Crippen LogP) is 1.27. The second-order valence-electron chi connectivity index (χ2n) is 6.99. The van der Waals surface area contributed by atoms with Crippen molar-refractivity contribution in [2.75, 3.05) is 18.6 Å². The second-order valence-corrected chi connectivity index (χ2v) is 6.99. The van der Waals surface area contributed by atoms with Crippen molar-refractivity contribution < 1.29 is 14.3 Å². The highest BCUT2D eigenvalue weighted by molar-refractivity contribution is 6.02. The first-order valence-electron chi connectivity index (χ1n) is 9.39. The molecule has 1 aliphatic heterocycles. The molecule has 0 aliphatic carbocycles. The molecule has 1 fully saturated rings. The van der Waals surface area contributed by atoms with Gasteiger partial charge in [-0.2, -0.15) is 0 Å². The van der Waals surface area contributed by atoms with Gasteiger partial charge >= 0.3 is 5.69 Å². The number of fused-ring (bicyclic) bond motifs is 1. The number of rotatable bonds is 5. The third-order valence-electron chi connectivity index (χ3n) is 5.27. The molecule has 3 aromatic rings. The van der Waals surface area contributed by atoms with Gasteiger partial charge in [-0.1, -0.05) is 24.3 Å². The lowest BCUT2D eigenvalue weighted by Gasteiger charge is -2.19. The lowest BCUT2D eigenvalue weighted by molar-refractivity contribution is -0.126. The van der Waals surface area contributed by atoms with Gasteiger partial charge in [0.2, 0.25) is 11.8 Å². The lowest BCUT2D eigenvalue weighted by Crippen LogP contribution is -2.43. The van der Waals surface area contributed by atoms with Crippen LogP contribution in [-0.4, -0.2) is 40.6 Å². The minimum Gasteiger partial charge on any atom is -0.495 e. The van der Waals surface area contributed by atoms with E-state index in [4.69, 9.17) is 4.74 Å². The summed E-state index contributed by atoms with van der Waals surface area (Å²) in [4.78, 5) is 39.5. The van der Waals surface area contributed by atoms with Gasteiger partial charge in [-0.25, -0.2) is 4.79 Å². The minimum atomic E-state index is -0.627. The van der Waals surface area contributed by atoms with Crippen molar-refractivity contribution in [3.05, 3.63) is 59.0 Å². The zero-order valence-corrected chi connectivity index (χ0v) is 16.3. The number of para-hydroxylation sites is 4. The van der Waals surface area contributed by atoms with E-state index in [1.165, 1.54) is 9.13 Å². The number of amides is 2. The van der Waals surface area contributed by atoms with Gasteiger partial charge < -0.3 is 15.0 Å². The number of ether oxygens (including phenoxy) is 1. The third kappa shape index (κ3) is 3.26. The Hall–Kier alpha value is -3.55. The molecule has 0 radical (unpaired) electrons. The first-order valence-corrected chi connectivity index (χ1v) is 9.39. The van der Waals surface area contributed by atoms with Gasteiger partial charge in [0.15, 0.2) is 0 Å². The normalized spacial score (nSPS) is 16.4. The van der Waals surface area contributed by atoms with Crippen LogP contribution in [0.1, 0.15) is 6.42 Å². The molecule has 1 saturated heterocycles. The van der Waals surface area contributed by atoms with E-state index in [1.54, 1.807) is 31.2 Å². The number of carbonyl (C=O) groups is 2. The summed E-state index contributed by atoms with van der Waals surface area (Å²) in [6.07, 6.45) is 0.493. The van der Waals surface area contributed by atoms with Crippen LogP contribution in [0.5, 0.6) is 5.75 Å². The molecule has 8 heteroatoms. The summed E-state index contributed by atoms with van der Waals surface area (Å²) in [7, 11) is 3.23. The molecule has 2 heterocycles. The maximum atomic E-state index is 12.8. The van der Waals surface area contributed by atoms with Crippen LogP contribution in [0.3, 0.4) is 0 Å². The van der Waals surface area contributed by atoms with Crippen molar-refractivity contribution in [3.8, 4) is 5.75 Å². The molecule has 150 valence electrons. The van der Waals surface area contributed by atoms with Gasteiger partial charge in [0, 0.05) is 13.6 Å². The molecule has 8 nitrogen and oxygen atoms in total. The van der Waals surface area contributed by atoms with E-state index in [9.17, 15) is 14.4 Å². The number of carbonyl (C=O) groups excluding carboxylic acids is 2. The van der Waals surface area contributed by atoms with Crippen LogP contribution in [0.25, 0.3) is 11.0 Å². The number of aromatic nitrogens is 2. The largest absolute Gasteiger partial charge is 0.495 e. The minimum absolute atomic E-state index is 0.140. The van der Waals surface area contributed by atoms with Crippen molar-refractivity contribution >= 4 is 28.5 Å². The molecule has 2 amide bonds. The van der Waals surface area contributed by atoms with Gasteiger partial charge in [-0.15, -0.1) is 0 Å². The molecule has 1 aliphatic rings. The molecule has 1 unspecified atom stereocenters. The van der Waals surface area contributed by atoms with E-state index < -0.39 is 6.04 Å². The van der Waals surface area contributed by atoms with Gasteiger partial charge in [0.25, 0.3) is 0 Å². The molecule has 0 bridgehead atoms. The average Bonchev–Trinajstić information content (AvgIpc) is 3.21. The average molecular weight is 394 g/mol. The molecule has 29 heavy (non-hydrogen) atoms. The Kier molecular flexibility index (Phi) is 4.84. The van der Waals surface area contributed by atoms with Crippen molar-refractivity contribution in [1.29, 1.82) is 0 Å². The number of hydrogen-bond donors (Lipinski definition) is 1. The van der Waals surface area contributed by atoms with Crippen LogP contribution in [0.2, 0.25) is 0 Å². The van der Waals surface area contributed by atoms with E-state index in [1.807, 2.05) is 36.4 Å². The van der Waals surface area contributed by atoms with Gasteiger partial charge in [0.05, 0.1) is 23.8 Å². The maximum absolute atomic E-state index is 12.8. The Balaban J connectivity index is 1.50. The fraction of sp³-hybridized carbons (Fsp3) is 0.286. The smallest absolute Gasteiger partial charge is 0.329 e. The lowest BCUT2D eigenvalue weighted by atomic mass is 10.2. The Morgan fingerprint density at radius 3 is 2.55 bits per heavy atom. The molecule has 1 atom stereocenters. The summed E-state index contributed by atoms with van der Waals surface area (Å²) in [6, 6.07) is 14.0. The van der Waals surface area contributed by atoms with Crippen molar-refractivity contribution in [2.45, 2.75) is 19.0 Å². The van der Waals surface area contributed by atoms with Crippen molar-refractivity contribution in [3.63, 3.8) is 0 Å². The summed E-state index contributed by atoms with van der Waals surface area (Å²) in [6.45, 7) is 0.344. The first-order chi connectivity index (χ1) is 14.0. The number of nitrogens with zero attached hydrogens (tertiary/aromatic N) is 3. The van der Waals surface area contributed by atoms with Crippen molar-refractivity contribution in [2.24, 2.45) is 7.05 Å². The van der Waals surface area contributed by atoms with Crippen LogP contribution in [0, 0.1) is 0 Å². The first kappa shape index (κ1) is 18.8. The molecular formula is C21H22N4O4. The highest BCUT2D eigenvalue weighted by atomic mass is 16.5. The quantitative estimate of drug-likeness (QED) is 0.706. The Labute approximate surface area is 167 Å². The van der Waals surface area contributed by atoms with E-state index in [2.05, 4.69) is 5.32 Å². The molecular weight excluding hydrogens is 372 g/mol. The van der Waals surface area contributed by atoms with Crippen molar-refractivity contribution in [1.82, 2.24) is 14.5 Å². The summed E-state index contributed by atoms with van der Waals surface area (Å²) in [5.41, 5.74) is 1.85. The Bertz CT molecular complexity index is 1150. The van der Waals surface area contributed by atoms with Crippen LogP contribution in [0.15, 0.2) is 53.3 Å². The number of anilines is 1. The molecule has 2 aromatic carbocycles. The van der Waals surface area contributed by atoms with Crippen LogP contribution in [0.4, 0.5) is 5.69 Å². The fourth-order valence-electron chi connectivity index (χ4n) is 3.81. The monoisotopic (exact) mass is 394 g/mol. The zero-order chi connectivity index (χ0) is 20.5. The molecule has 1 N–H and O–H groups in total. The summed E-state index contributed by atoms with van der Waals surface area (Å²) in [5, 5.41) is 2.78. The van der Waals surface area contributed by atoms with Gasteiger partial charge in [0.1, 0.15) is 18.3 Å². The summed E-state index contributed by atoms with van der Waals surface area (Å²) in [5.74, 6) is 0.0481. The third-order valence-corrected chi connectivity index (χ3v) is 5.27. The standard InChI is InChI=1S/C21H22N4O4/c1-23-15-7-3-4-8-16(15)25(21(23)28)13-19(26)22-14-11-12-24(20(14)27)17-9-5-6-10-18(17)29-2/h3-10,14H,11-13H2,1-2H3,(H,22,26). The number of methoxy groups -OCH3 is 1. The number of imidazole rings is 1. The summed E-state index contributed by atoms with van der Waals surface area (Å²) < 4.78 is 8.26. The topological polar surface area (TPSA) is 85.6 Å². The predicted molar refractivity (Wildman–Crippen MR) is 109 cm³/mol. The van der Waals surface area contributed by atoms with E-state index in [0.717, 1.165) is 5.52 Å².